The first-order valence-corrected chi connectivity index (χ1v) is 16.6. The van der Waals surface area contributed by atoms with Crippen LogP contribution in [0.2, 0.25) is 0 Å². The Morgan fingerprint density at radius 1 is 1.15 bits per heavy atom. The fraction of sp³-hybridized carbons (Fsp3) is 0.500. The van der Waals surface area contributed by atoms with Gasteiger partial charge in [-0.1, -0.05) is 30.3 Å². The van der Waals surface area contributed by atoms with Gasteiger partial charge in [-0.3, -0.25) is 4.79 Å². The quantitative estimate of drug-likeness (QED) is 0.337. The van der Waals surface area contributed by atoms with Gasteiger partial charge in [-0.25, -0.2) is 4.39 Å². The molecule has 10 nitrogen and oxygen atoms in total. The number of carbonyl (C=O) groups is 1. The second-order valence-corrected chi connectivity index (χ2v) is 13.4. The molecule has 2 atom stereocenters. The topological polar surface area (TPSA) is 98.1 Å². The number of amides is 1. The molecule has 0 N–H and O–H groups in total. The van der Waals surface area contributed by atoms with Crippen LogP contribution >= 0.6 is 0 Å². The van der Waals surface area contributed by atoms with Crippen LogP contribution in [0.5, 0.6) is 6.01 Å². The predicted molar refractivity (Wildman–Crippen MR) is 178 cm³/mol. The maximum absolute atomic E-state index is 12.9. The Labute approximate surface area is 275 Å². The average molecular weight is 640 g/mol. The first-order valence-electron chi connectivity index (χ1n) is 16.6. The Hall–Kier alpha value is -4.27. The molecule has 2 aromatic carbocycles. The zero-order valence-electron chi connectivity index (χ0n) is 27.2. The van der Waals surface area contributed by atoms with Gasteiger partial charge in [-0.15, -0.1) is 0 Å². The van der Waals surface area contributed by atoms with E-state index in [9.17, 15) is 14.4 Å². The van der Waals surface area contributed by atoms with E-state index in [-0.39, 0.29) is 23.8 Å². The van der Waals surface area contributed by atoms with Crippen LogP contribution in [0.25, 0.3) is 10.8 Å². The van der Waals surface area contributed by atoms with Gasteiger partial charge in [0.25, 0.3) is 0 Å². The number of nitrogens with zero attached hydrogens (tertiary/aromatic N) is 7. The Kier molecular flexibility index (Phi) is 8.73. The summed E-state index contributed by atoms with van der Waals surface area (Å²) in [6.07, 6.45) is 4.87. The number of carbonyl (C=O) groups excluding carboxylic acids is 1. The van der Waals surface area contributed by atoms with Crippen LogP contribution in [0.3, 0.4) is 0 Å². The van der Waals surface area contributed by atoms with Crippen molar-refractivity contribution in [2.24, 2.45) is 0 Å². The highest BCUT2D eigenvalue weighted by molar-refractivity contribution is 5.97. The van der Waals surface area contributed by atoms with Crippen molar-refractivity contribution in [3.63, 3.8) is 0 Å². The largest absolute Gasteiger partial charge is 0.462 e. The number of halogens is 1. The predicted octanol–water partition coefficient (Wildman–Crippen LogP) is 4.16. The van der Waals surface area contributed by atoms with Gasteiger partial charge in [0.1, 0.15) is 19.1 Å². The molecule has 4 aliphatic heterocycles. The Morgan fingerprint density at radius 3 is 2.70 bits per heavy atom. The average Bonchev–Trinajstić information content (AvgIpc) is 3.48. The first kappa shape index (κ1) is 31.3. The molecule has 11 heteroatoms. The summed E-state index contributed by atoms with van der Waals surface area (Å²) in [6, 6.07) is 15.5. The normalized spacial score (nSPS) is 22.5. The summed E-state index contributed by atoms with van der Waals surface area (Å²) in [5.41, 5.74) is 4.09. The Balaban J connectivity index is 1.28. The number of hydrogen-bond donors (Lipinski definition) is 0. The maximum Gasteiger partial charge on any atom is 0.318 e. The molecule has 3 aromatic rings. The zero-order valence-corrected chi connectivity index (χ0v) is 27.2. The van der Waals surface area contributed by atoms with Crippen molar-refractivity contribution >= 4 is 28.2 Å². The summed E-state index contributed by atoms with van der Waals surface area (Å²) in [6.45, 7) is 6.82. The Bertz CT molecular complexity index is 1720. The lowest BCUT2D eigenvalue weighted by molar-refractivity contribution is -0.128. The van der Waals surface area contributed by atoms with E-state index in [4.69, 9.17) is 19.4 Å². The highest BCUT2D eigenvalue weighted by Gasteiger charge is 2.50. The number of allylic oxidation sites excluding steroid dienone is 1. The fourth-order valence-corrected chi connectivity index (χ4v) is 7.85. The van der Waals surface area contributed by atoms with Crippen LogP contribution < -0.4 is 14.5 Å². The number of aryl methyl sites for hydroxylation is 1. The van der Waals surface area contributed by atoms with Gasteiger partial charge in [0.15, 0.2) is 0 Å². The lowest BCUT2D eigenvalue weighted by Crippen LogP contribution is -2.60. The third kappa shape index (κ3) is 5.89. The molecule has 1 amide bonds. The second-order valence-electron chi connectivity index (χ2n) is 13.4. The molecular formula is C36H42FN7O3. The second kappa shape index (κ2) is 13.1. The third-order valence-electron chi connectivity index (χ3n) is 10.3. The minimum Gasteiger partial charge on any atom is -0.462 e. The molecule has 0 aliphatic carbocycles. The van der Waals surface area contributed by atoms with E-state index < -0.39 is 6.67 Å². The van der Waals surface area contributed by atoms with Crippen molar-refractivity contribution in [1.82, 2.24) is 19.8 Å². The van der Waals surface area contributed by atoms with Gasteiger partial charge < -0.3 is 29.1 Å². The number of rotatable bonds is 8. The zero-order chi connectivity index (χ0) is 32.5. The van der Waals surface area contributed by atoms with Gasteiger partial charge in [-0.2, -0.15) is 15.2 Å². The van der Waals surface area contributed by atoms with E-state index in [2.05, 4.69) is 71.1 Å². The molecule has 5 heterocycles. The van der Waals surface area contributed by atoms with Crippen molar-refractivity contribution in [2.75, 3.05) is 76.1 Å². The van der Waals surface area contributed by atoms with Gasteiger partial charge in [0, 0.05) is 54.9 Å². The van der Waals surface area contributed by atoms with Crippen LogP contribution in [-0.4, -0.2) is 104 Å². The van der Waals surface area contributed by atoms with Gasteiger partial charge in [0.2, 0.25) is 5.91 Å². The number of benzene rings is 2. The monoisotopic (exact) mass is 639 g/mol. The smallest absolute Gasteiger partial charge is 0.318 e. The Morgan fingerprint density at radius 2 is 1.98 bits per heavy atom. The van der Waals surface area contributed by atoms with Crippen LogP contribution in [0, 0.1) is 18.3 Å². The van der Waals surface area contributed by atoms with Crippen LogP contribution in [0.1, 0.15) is 36.1 Å². The minimum absolute atomic E-state index is 0.165. The lowest BCUT2D eigenvalue weighted by atomic mass is 9.74. The SMILES string of the molecule is Cc1cccc2cccc(N3Cc4nc(OC[C@@H]5CCCN5C)nc(N5CCN(C(=O)/C=C/CF)[C@@H](CC#N)C5)c4C4(COC4)C3)c12. The highest BCUT2D eigenvalue weighted by Crippen LogP contribution is 2.46. The van der Waals surface area contributed by atoms with E-state index in [1.54, 1.807) is 4.90 Å². The van der Waals surface area contributed by atoms with E-state index in [0.29, 0.717) is 58.1 Å². The van der Waals surface area contributed by atoms with E-state index in [0.717, 1.165) is 43.0 Å². The molecule has 0 radical (unpaired) electrons. The molecule has 0 saturated carbocycles. The van der Waals surface area contributed by atoms with Crippen LogP contribution in [-0.2, 0) is 21.5 Å². The molecule has 246 valence electrons. The van der Waals surface area contributed by atoms with Crippen LogP contribution in [0.15, 0.2) is 48.6 Å². The number of alkyl halides is 1. The number of hydrogen-bond acceptors (Lipinski definition) is 9. The summed E-state index contributed by atoms with van der Waals surface area (Å²) in [4.78, 5) is 31.8. The highest BCUT2D eigenvalue weighted by atomic mass is 19.1. The summed E-state index contributed by atoms with van der Waals surface area (Å²) in [7, 11) is 2.13. The maximum atomic E-state index is 12.9. The van der Waals surface area contributed by atoms with E-state index in [1.807, 2.05) is 0 Å². The molecule has 3 saturated heterocycles. The van der Waals surface area contributed by atoms with Gasteiger partial charge in [-0.05, 0) is 56.4 Å². The molecule has 1 spiro atoms. The van der Waals surface area contributed by atoms with Crippen LogP contribution in [0.4, 0.5) is 15.9 Å². The van der Waals surface area contributed by atoms with E-state index in [1.165, 1.54) is 34.2 Å². The molecule has 7 rings (SSSR count). The molecule has 0 unspecified atom stereocenters. The molecule has 1 aromatic heterocycles. The minimum atomic E-state index is -0.708. The number of fused-ring (bicyclic) bond motifs is 3. The molecule has 3 fully saturated rings. The summed E-state index contributed by atoms with van der Waals surface area (Å²) >= 11 is 0. The number of aromatic nitrogens is 2. The number of nitriles is 1. The number of anilines is 2. The number of likely N-dealkylation sites (N-methyl/N-ethyl adjacent to an activating group) is 1. The molecule has 47 heavy (non-hydrogen) atoms. The lowest BCUT2D eigenvalue weighted by Gasteiger charge is -2.51. The number of piperazine rings is 1. The number of likely N-dealkylation sites (tertiary alicyclic amines) is 1. The number of ether oxygens (including phenoxy) is 2. The molecule has 4 aliphatic rings. The van der Waals surface area contributed by atoms with Crippen molar-refractivity contribution in [2.45, 2.75) is 50.2 Å². The van der Waals surface area contributed by atoms with Crippen molar-refractivity contribution in [3.8, 4) is 12.1 Å². The molecule has 0 bridgehead atoms. The van der Waals surface area contributed by atoms with Gasteiger partial charge in [0.05, 0.1) is 49.4 Å². The first-order chi connectivity index (χ1) is 22.9. The standard InChI is InChI=1S/C36H42FN7O3/c1-25-7-3-8-26-9-4-11-30(32(25)26)43-20-29-33(36(22-43)23-46-24-36)34(40-35(39-29)47-21-28-10-6-16-41(28)2)42-17-18-44(27(19-42)13-15-38)31(45)12-5-14-37/h3-5,7-9,11-12,27-28H,6,10,13-14,16-24H2,1-2H3/b12-5+/t27-,28-/m0/s1. The van der Waals surface area contributed by atoms with E-state index >= 15 is 0 Å². The fourth-order valence-electron chi connectivity index (χ4n) is 7.85. The molecular weight excluding hydrogens is 597 g/mol. The summed E-state index contributed by atoms with van der Waals surface area (Å²) in [5.74, 6) is 0.526. The van der Waals surface area contributed by atoms with Crippen molar-refractivity contribution < 1.29 is 18.7 Å². The summed E-state index contributed by atoms with van der Waals surface area (Å²) in [5, 5.41) is 12.1. The van der Waals surface area contributed by atoms with Crippen molar-refractivity contribution in [3.05, 3.63) is 65.4 Å². The van der Waals surface area contributed by atoms with Gasteiger partial charge >= 0.3 is 6.01 Å². The third-order valence-corrected chi connectivity index (χ3v) is 10.3. The summed E-state index contributed by atoms with van der Waals surface area (Å²) < 4.78 is 25.1. The van der Waals surface area contributed by atoms with Crippen molar-refractivity contribution in [1.29, 1.82) is 5.26 Å².